The first-order valence-electron chi connectivity index (χ1n) is 5.24. The fourth-order valence-corrected chi connectivity index (χ4v) is 1.66. The van der Waals surface area contributed by atoms with Crippen molar-refractivity contribution in [2.75, 3.05) is 5.32 Å². The lowest BCUT2D eigenvalue weighted by molar-refractivity contribution is -0.384. The van der Waals surface area contributed by atoms with Gasteiger partial charge in [-0.15, -0.1) is 0 Å². The monoisotopic (exact) mass is 263 g/mol. The van der Waals surface area contributed by atoms with Crippen LogP contribution in [0.3, 0.4) is 0 Å². The van der Waals surface area contributed by atoms with Gasteiger partial charge in [-0.05, 0) is 11.6 Å². The number of pyridine rings is 1. The standard InChI is InChI=1S/C12H10ClN3O2/c13-11-4-2-1-3-9(11)8-15-12-7-10(16(17)18)5-6-14-12/h1-7H,8H2,(H,14,15). The molecular formula is C12H10ClN3O2. The van der Waals surface area contributed by atoms with Crippen LogP contribution in [-0.2, 0) is 6.54 Å². The normalized spacial score (nSPS) is 10.1. The fourth-order valence-electron chi connectivity index (χ4n) is 1.46. The number of nitrogens with one attached hydrogen (secondary N) is 1. The summed E-state index contributed by atoms with van der Waals surface area (Å²) in [6, 6.07) is 10.1. The molecule has 2 rings (SSSR count). The molecule has 6 heteroatoms. The molecule has 2 aromatic rings. The number of aromatic nitrogens is 1. The summed E-state index contributed by atoms with van der Waals surface area (Å²) in [6.45, 7) is 0.466. The van der Waals surface area contributed by atoms with E-state index in [4.69, 9.17) is 11.6 Å². The minimum atomic E-state index is -0.456. The topological polar surface area (TPSA) is 68.1 Å². The average Bonchev–Trinajstić information content (AvgIpc) is 2.38. The summed E-state index contributed by atoms with van der Waals surface area (Å²) in [7, 11) is 0. The van der Waals surface area contributed by atoms with Crippen molar-refractivity contribution in [1.82, 2.24) is 4.98 Å². The summed E-state index contributed by atoms with van der Waals surface area (Å²) in [5.74, 6) is 0.448. The third kappa shape index (κ3) is 2.95. The molecule has 0 aliphatic rings. The second-order valence-corrected chi connectivity index (χ2v) is 4.01. The van der Waals surface area contributed by atoms with Crippen LogP contribution in [0.1, 0.15) is 5.56 Å². The molecule has 0 bridgehead atoms. The lowest BCUT2D eigenvalue weighted by atomic mass is 10.2. The van der Waals surface area contributed by atoms with E-state index in [9.17, 15) is 10.1 Å². The summed E-state index contributed by atoms with van der Waals surface area (Å²) < 4.78 is 0. The maximum Gasteiger partial charge on any atom is 0.274 e. The minimum Gasteiger partial charge on any atom is -0.366 e. The Balaban J connectivity index is 2.09. The number of benzene rings is 1. The van der Waals surface area contributed by atoms with Gasteiger partial charge in [-0.25, -0.2) is 4.98 Å². The van der Waals surface area contributed by atoms with Gasteiger partial charge in [-0.3, -0.25) is 10.1 Å². The van der Waals surface area contributed by atoms with Crippen LogP contribution in [-0.4, -0.2) is 9.91 Å². The molecule has 18 heavy (non-hydrogen) atoms. The predicted molar refractivity (Wildman–Crippen MR) is 69.7 cm³/mol. The van der Waals surface area contributed by atoms with Crippen molar-refractivity contribution < 1.29 is 4.92 Å². The third-order valence-electron chi connectivity index (χ3n) is 2.37. The summed E-state index contributed by atoms with van der Waals surface area (Å²) in [4.78, 5) is 14.2. The summed E-state index contributed by atoms with van der Waals surface area (Å²) in [5, 5.41) is 14.3. The number of nitro groups is 1. The van der Waals surface area contributed by atoms with Crippen LogP contribution in [0, 0.1) is 10.1 Å². The molecule has 0 saturated carbocycles. The Morgan fingerprint density at radius 2 is 2.11 bits per heavy atom. The second-order valence-electron chi connectivity index (χ2n) is 3.60. The van der Waals surface area contributed by atoms with Gasteiger partial charge in [0.1, 0.15) is 5.82 Å². The zero-order chi connectivity index (χ0) is 13.0. The Morgan fingerprint density at radius 1 is 1.33 bits per heavy atom. The molecule has 0 amide bonds. The van der Waals surface area contributed by atoms with Crippen molar-refractivity contribution in [2.45, 2.75) is 6.54 Å². The lowest BCUT2D eigenvalue weighted by Crippen LogP contribution is -2.02. The van der Waals surface area contributed by atoms with Gasteiger partial charge < -0.3 is 5.32 Å². The van der Waals surface area contributed by atoms with Gasteiger partial charge in [-0.2, -0.15) is 0 Å². The Labute approximate surface area is 109 Å². The molecule has 0 fully saturated rings. The predicted octanol–water partition coefficient (Wildman–Crippen LogP) is 3.26. The molecule has 92 valence electrons. The van der Waals surface area contributed by atoms with Gasteiger partial charge in [-0.1, -0.05) is 29.8 Å². The van der Waals surface area contributed by atoms with Crippen molar-refractivity contribution >= 4 is 23.1 Å². The number of halogens is 1. The van der Waals surface area contributed by atoms with Crippen molar-refractivity contribution in [3.63, 3.8) is 0 Å². The van der Waals surface area contributed by atoms with Gasteiger partial charge in [0.2, 0.25) is 0 Å². The van der Waals surface area contributed by atoms with E-state index in [0.29, 0.717) is 17.4 Å². The van der Waals surface area contributed by atoms with E-state index in [-0.39, 0.29) is 5.69 Å². The van der Waals surface area contributed by atoms with Crippen LogP contribution in [0.2, 0.25) is 5.02 Å². The first kappa shape index (κ1) is 12.3. The first-order valence-corrected chi connectivity index (χ1v) is 5.62. The van der Waals surface area contributed by atoms with Gasteiger partial charge in [0.15, 0.2) is 0 Å². The highest BCUT2D eigenvalue weighted by Crippen LogP contribution is 2.18. The second kappa shape index (κ2) is 5.46. The Hall–Kier alpha value is -2.14. The van der Waals surface area contributed by atoms with Crippen LogP contribution in [0.15, 0.2) is 42.6 Å². The summed E-state index contributed by atoms with van der Waals surface area (Å²) >= 11 is 6.00. The number of rotatable bonds is 4. The van der Waals surface area contributed by atoms with Crippen molar-refractivity contribution in [3.8, 4) is 0 Å². The maximum atomic E-state index is 10.6. The van der Waals surface area contributed by atoms with Gasteiger partial charge in [0.05, 0.1) is 11.0 Å². The van der Waals surface area contributed by atoms with E-state index in [1.54, 1.807) is 6.07 Å². The van der Waals surface area contributed by atoms with Crippen molar-refractivity contribution in [1.29, 1.82) is 0 Å². The van der Waals surface area contributed by atoms with E-state index in [2.05, 4.69) is 10.3 Å². The quantitative estimate of drug-likeness (QED) is 0.679. The highest BCUT2D eigenvalue weighted by Gasteiger charge is 2.06. The van der Waals surface area contributed by atoms with Crippen LogP contribution in [0.5, 0.6) is 0 Å². The fraction of sp³-hybridized carbons (Fsp3) is 0.0833. The van der Waals surface area contributed by atoms with Crippen molar-refractivity contribution in [2.24, 2.45) is 0 Å². The van der Waals surface area contributed by atoms with Crippen LogP contribution >= 0.6 is 11.6 Å². The largest absolute Gasteiger partial charge is 0.366 e. The third-order valence-corrected chi connectivity index (χ3v) is 2.74. The summed E-state index contributed by atoms with van der Waals surface area (Å²) in [5.41, 5.74) is 0.916. The highest BCUT2D eigenvalue weighted by molar-refractivity contribution is 6.31. The summed E-state index contributed by atoms with van der Waals surface area (Å²) in [6.07, 6.45) is 1.40. The van der Waals surface area contributed by atoms with Gasteiger partial charge >= 0.3 is 0 Å². The smallest absolute Gasteiger partial charge is 0.274 e. The van der Waals surface area contributed by atoms with E-state index >= 15 is 0 Å². The Bertz CT molecular complexity index is 575. The SMILES string of the molecule is O=[N+]([O-])c1ccnc(NCc2ccccc2Cl)c1. The molecule has 1 aromatic carbocycles. The molecule has 1 aromatic heterocycles. The molecule has 0 spiro atoms. The van der Waals surface area contributed by atoms with Gasteiger partial charge in [0, 0.05) is 23.8 Å². The van der Waals surface area contributed by atoms with E-state index in [0.717, 1.165) is 5.56 Å². The van der Waals surface area contributed by atoms with E-state index in [1.807, 2.05) is 18.2 Å². The maximum absolute atomic E-state index is 10.6. The zero-order valence-corrected chi connectivity index (χ0v) is 10.1. The molecule has 0 atom stereocenters. The number of nitrogens with zero attached hydrogens (tertiary/aromatic N) is 2. The van der Waals surface area contributed by atoms with E-state index in [1.165, 1.54) is 18.3 Å². The average molecular weight is 264 g/mol. The lowest BCUT2D eigenvalue weighted by Gasteiger charge is -2.06. The Morgan fingerprint density at radius 3 is 2.83 bits per heavy atom. The van der Waals surface area contributed by atoms with Crippen LogP contribution in [0.4, 0.5) is 11.5 Å². The molecule has 0 saturated heterocycles. The minimum absolute atomic E-state index is 0.00617. The molecule has 0 unspecified atom stereocenters. The van der Waals surface area contributed by atoms with Crippen molar-refractivity contribution in [3.05, 3.63) is 63.3 Å². The zero-order valence-electron chi connectivity index (χ0n) is 9.34. The Kier molecular flexibility index (Phi) is 3.74. The molecular weight excluding hydrogens is 254 g/mol. The molecule has 0 radical (unpaired) electrons. The molecule has 0 aliphatic heterocycles. The molecule has 1 N–H and O–H groups in total. The van der Waals surface area contributed by atoms with Crippen LogP contribution < -0.4 is 5.32 Å². The van der Waals surface area contributed by atoms with Crippen LogP contribution in [0.25, 0.3) is 0 Å². The van der Waals surface area contributed by atoms with E-state index < -0.39 is 4.92 Å². The van der Waals surface area contributed by atoms with Gasteiger partial charge in [0.25, 0.3) is 5.69 Å². The number of hydrogen-bond acceptors (Lipinski definition) is 4. The molecule has 5 nitrogen and oxygen atoms in total. The number of anilines is 1. The number of hydrogen-bond donors (Lipinski definition) is 1. The first-order chi connectivity index (χ1) is 8.66. The molecule has 1 heterocycles. The molecule has 0 aliphatic carbocycles. The highest BCUT2D eigenvalue weighted by atomic mass is 35.5.